The Morgan fingerprint density at radius 2 is 1.88 bits per heavy atom. The van der Waals surface area contributed by atoms with E-state index in [-0.39, 0.29) is 29.6 Å². The van der Waals surface area contributed by atoms with Gasteiger partial charge in [0.1, 0.15) is 0 Å². The summed E-state index contributed by atoms with van der Waals surface area (Å²) >= 11 is 0. The lowest BCUT2D eigenvalue weighted by Crippen LogP contribution is -2.39. The van der Waals surface area contributed by atoms with E-state index in [2.05, 4.69) is 22.1 Å². The Hall–Kier alpha value is -3.43. The summed E-state index contributed by atoms with van der Waals surface area (Å²) in [5.41, 5.74) is 4.75. The highest BCUT2D eigenvalue weighted by atomic mass is 16.5. The fourth-order valence-corrected chi connectivity index (χ4v) is 4.74. The number of aryl methyl sites for hydroxylation is 2. The molecule has 1 aliphatic heterocycles. The van der Waals surface area contributed by atoms with Gasteiger partial charge in [0, 0.05) is 59.9 Å². The Balaban J connectivity index is 1.73. The van der Waals surface area contributed by atoms with Gasteiger partial charge in [0.05, 0.1) is 18.8 Å². The van der Waals surface area contributed by atoms with Gasteiger partial charge in [-0.3, -0.25) is 14.5 Å². The van der Waals surface area contributed by atoms with Gasteiger partial charge in [0.25, 0.3) is 11.5 Å². The van der Waals surface area contributed by atoms with Crippen LogP contribution in [-0.4, -0.2) is 57.6 Å². The lowest BCUT2D eigenvalue weighted by molar-refractivity contribution is 0.0187. The molecule has 4 rings (SSSR count). The van der Waals surface area contributed by atoms with Crippen molar-refractivity contribution >= 4 is 17.4 Å². The maximum atomic E-state index is 13.3. The maximum Gasteiger partial charge on any atom is 0.337 e. The summed E-state index contributed by atoms with van der Waals surface area (Å²) in [6.45, 7) is 10.5. The third-order valence-corrected chi connectivity index (χ3v) is 6.59. The predicted octanol–water partition coefficient (Wildman–Crippen LogP) is 2.57. The number of pyridine rings is 2. The Morgan fingerprint density at radius 1 is 1.18 bits per heavy atom. The summed E-state index contributed by atoms with van der Waals surface area (Å²) in [5.74, 6) is -1.33. The first-order chi connectivity index (χ1) is 16.2. The largest absolute Gasteiger partial charge is 0.478 e. The van der Waals surface area contributed by atoms with Gasteiger partial charge in [0.2, 0.25) is 0 Å². The minimum Gasteiger partial charge on any atom is -0.478 e. The van der Waals surface area contributed by atoms with Gasteiger partial charge >= 0.3 is 5.97 Å². The number of hydrogen-bond acceptors (Lipinski definition) is 5. The van der Waals surface area contributed by atoms with Gasteiger partial charge in [-0.2, -0.15) is 0 Å². The minimum absolute atomic E-state index is 0.0598. The third-order valence-electron chi connectivity index (χ3n) is 6.59. The van der Waals surface area contributed by atoms with Gasteiger partial charge in [-0.1, -0.05) is 0 Å². The molecule has 1 fully saturated rings. The number of hydrogen-bond donors (Lipinski definition) is 3. The van der Waals surface area contributed by atoms with E-state index in [4.69, 9.17) is 4.74 Å². The van der Waals surface area contributed by atoms with Crippen molar-refractivity contribution in [3.8, 4) is 0 Å². The van der Waals surface area contributed by atoms with E-state index >= 15 is 0 Å². The van der Waals surface area contributed by atoms with Crippen molar-refractivity contribution < 1.29 is 19.4 Å². The molecule has 3 N–H and O–H groups in total. The van der Waals surface area contributed by atoms with E-state index in [0.29, 0.717) is 29.9 Å². The van der Waals surface area contributed by atoms with Crippen molar-refractivity contribution in [2.75, 3.05) is 26.3 Å². The number of nitrogens with zero attached hydrogens (tertiary/aromatic N) is 2. The number of aromatic amines is 1. The number of morpholine rings is 1. The van der Waals surface area contributed by atoms with Crippen LogP contribution in [0.3, 0.4) is 0 Å². The Morgan fingerprint density at radius 3 is 2.53 bits per heavy atom. The molecular formula is C25H30N4O5. The van der Waals surface area contributed by atoms with Gasteiger partial charge in [-0.05, 0) is 57.0 Å². The van der Waals surface area contributed by atoms with Crippen LogP contribution in [-0.2, 0) is 11.3 Å². The molecule has 1 saturated heterocycles. The molecule has 0 spiro atoms. The van der Waals surface area contributed by atoms with Gasteiger partial charge < -0.3 is 24.5 Å². The van der Waals surface area contributed by atoms with Crippen LogP contribution in [0.5, 0.6) is 0 Å². The first-order valence-corrected chi connectivity index (χ1v) is 11.4. The van der Waals surface area contributed by atoms with Crippen molar-refractivity contribution in [3.05, 3.63) is 74.0 Å². The fourth-order valence-electron chi connectivity index (χ4n) is 4.74. The third kappa shape index (κ3) is 4.49. The average Bonchev–Trinajstić information content (AvgIpc) is 3.22. The molecule has 9 heteroatoms. The summed E-state index contributed by atoms with van der Waals surface area (Å²) in [7, 11) is 0. The Bertz CT molecular complexity index is 1320. The number of carboxylic acid groups (broad SMARTS) is 1. The number of rotatable bonds is 6. The molecule has 1 amide bonds. The van der Waals surface area contributed by atoms with Crippen molar-refractivity contribution in [2.24, 2.45) is 0 Å². The zero-order chi connectivity index (χ0) is 24.6. The van der Waals surface area contributed by atoms with E-state index in [1.807, 2.05) is 31.2 Å². The number of fused-ring (bicyclic) bond motifs is 1. The highest BCUT2D eigenvalue weighted by Gasteiger charge is 2.26. The first kappa shape index (κ1) is 23.7. The number of carboxylic acids is 1. The molecule has 0 bridgehead atoms. The van der Waals surface area contributed by atoms with Crippen molar-refractivity contribution in [1.29, 1.82) is 0 Å². The van der Waals surface area contributed by atoms with Crippen molar-refractivity contribution in [1.82, 2.24) is 19.6 Å². The number of carbonyl (C=O) groups is 2. The SMILES string of the molecule is Cc1cc(C)c(CNC(=O)c2cc3cc(C(=O)O)cn3c(C(C)N3CCOCC3)c2C)c(=O)[nH]1. The predicted molar refractivity (Wildman–Crippen MR) is 128 cm³/mol. The average molecular weight is 467 g/mol. The maximum absolute atomic E-state index is 13.3. The summed E-state index contributed by atoms with van der Waals surface area (Å²) in [4.78, 5) is 42.3. The zero-order valence-corrected chi connectivity index (χ0v) is 19.9. The Labute approximate surface area is 197 Å². The molecule has 0 aliphatic carbocycles. The number of ether oxygens (including phenoxy) is 1. The molecule has 1 unspecified atom stereocenters. The van der Waals surface area contributed by atoms with Crippen molar-refractivity contribution in [2.45, 2.75) is 40.3 Å². The van der Waals surface area contributed by atoms with Gasteiger partial charge in [-0.15, -0.1) is 0 Å². The van der Waals surface area contributed by atoms with Crippen LogP contribution in [0, 0.1) is 20.8 Å². The number of amides is 1. The van der Waals surface area contributed by atoms with Crippen LogP contribution in [0.1, 0.15) is 61.8 Å². The lowest BCUT2D eigenvalue weighted by Gasteiger charge is -2.34. The van der Waals surface area contributed by atoms with Crippen LogP contribution in [0.2, 0.25) is 0 Å². The molecule has 0 aromatic carbocycles. The molecule has 0 saturated carbocycles. The molecular weight excluding hydrogens is 436 g/mol. The van der Waals surface area contributed by atoms with Gasteiger partial charge in [-0.25, -0.2) is 4.79 Å². The quantitative estimate of drug-likeness (QED) is 0.514. The molecule has 1 atom stereocenters. The number of aromatic carboxylic acids is 1. The molecule has 9 nitrogen and oxygen atoms in total. The fraction of sp³-hybridized carbons (Fsp3) is 0.400. The van der Waals surface area contributed by atoms with Gasteiger partial charge in [0.15, 0.2) is 0 Å². The summed E-state index contributed by atoms with van der Waals surface area (Å²) < 4.78 is 7.35. The topological polar surface area (TPSA) is 116 Å². The molecule has 180 valence electrons. The van der Waals surface area contributed by atoms with E-state index in [9.17, 15) is 19.5 Å². The molecule has 4 heterocycles. The molecule has 34 heavy (non-hydrogen) atoms. The van der Waals surface area contributed by atoms with Crippen LogP contribution < -0.4 is 10.9 Å². The molecule has 3 aromatic rings. The number of nitrogens with one attached hydrogen (secondary N) is 2. The lowest BCUT2D eigenvalue weighted by atomic mass is 10.0. The number of carbonyl (C=O) groups excluding carboxylic acids is 1. The van der Waals surface area contributed by atoms with E-state index in [0.717, 1.165) is 35.6 Å². The molecule has 0 radical (unpaired) electrons. The van der Waals surface area contributed by atoms with Crippen LogP contribution in [0.15, 0.2) is 29.2 Å². The number of aromatic nitrogens is 2. The minimum atomic E-state index is -1.02. The highest BCUT2D eigenvalue weighted by Crippen LogP contribution is 2.29. The molecule has 3 aromatic heterocycles. The second kappa shape index (κ2) is 9.44. The Kier molecular flexibility index (Phi) is 6.58. The van der Waals surface area contributed by atoms with E-state index in [1.165, 1.54) is 0 Å². The van der Waals surface area contributed by atoms with Crippen LogP contribution in [0.4, 0.5) is 0 Å². The monoisotopic (exact) mass is 466 g/mol. The summed E-state index contributed by atoms with van der Waals surface area (Å²) in [6, 6.07) is 5.09. The van der Waals surface area contributed by atoms with E-state index < -0.39 is 5.97 Å². The first-order valence-electron chi connectivity index (χ1n) is 11.4. The summed E-state index contributed by atoms with van der Waals surface area (Å²) in [5, 5.41) is 12.4. The highest BCUT2D eigenvalue weighted by molar-refractivity contribution is 5.98. The van der Waals surface area contributed by atoms with E-state index in [1.54, 1.807) is 18.3 Å². The number of H-pyrrole nitrogens is 1. The smallest absolute Gasteiger partial charge is 0.337 e. The second-order valence-electron chi connectivity index (χ2n) is 8.85. The summed E-state index contributed by atoms with van der Waals surface area (Å²) in [6.07, 6.45) is 1.60. The second-order valence-corrected chi connectivity index (χ2v) is 8.85. The van der Waals surface area contributed by atoms with Crippen LogP contribution in [0.25, 0.3) is 5.52 Å². The standard InChI is InChI=1S/C25H30N4O5/c1-14-9-15(2)27-24(31)21(14)12-26-23(30)20-11-19-10-18(25(32)33)13-29(19)22(16(20)3)17(4)28-5-7-34-8-6-28/h9-11,13,17H,5-8,12H2,1-4H3,(H,26,30)(H,27,31)(H,32,33). The zero-order valence-electron chi connectivity index (χ0n) is 19.9. The molecule has 1 aliphatic rings. The normalized spacial score (nSPS) is 15.4. The van der Waals surface area contributed by atoms with Crippen LogP contribution >= 0.6 is 0 Å². The van der Waals surface area contributed by atoms with Crippen molar-refractivity contribution in [3.63, 3.8) is 0 Å².